The van der Waals surface area contributed by atoms with Crippen molar-refractivity contribution in [2.45, 2.75) is 59.6 Å². The van der Waals surface area contributed by atoms with E-state index in [1.807, 2.05) is 25.1 Å². The molecule has 2 atom stereocenters. The van der Waals surface area contributed by atoms with E-state index in [1.54, 1.807) is 6.92 Å². The zero-order chi connectivity index (χ0) is 20.7. The molecule has 0 bridgehead atoms. The van der Waals surface area contributed by atoms with Crippen molar-refractivity contribution in [3.05, 3.63) is 29.3 Å². The number of carboxylic acid groups (broad SMARTS) is 1. The van der Waals surface area contributed by atoms with Gasteiger partial charge in [0.2, 0.25) is 5.91 Å². The molecule has 150 valence electrons. The molecular weight excluding hydrogens is 348 g/mol. The van der Waals surface area contributed by atoms with E-state index < -0.39 is 24.0 Å². The third-order valence-electron chi connectivity index (χ3n) is 4.36. The molecule has 7 heteroatoms. The Bertz CT molecular complexity index is 687. The molecule has 0 heterocycles. The number of benzene rings is 1. The highest BCUT2D eigenvalue weighted by atomic mass is 16.5. The highest BCUT2D eigenvalue weighted by Crippen LogP contribution is 2.24. The van der Waals surface area contributed by atoms with Gasteiger partial charge in [-0.1, -0.05) is 19.9 Å². The second kappa shape index (κ2) is 9.94. The van der Waals surface area contributed by atoms with Crippen molar-refractivity contribution in [3.63, 3.8) is 0 Å². The summed E-state index contributed by atoms with van der Waals surface area (Å²) in [6.45, 7) is 10.8. The van der Waals surface area contributed by atoms with Gasteiger partial charge in [-0.15, -0.1) is 0 Å². The second-order valence-corrected chi connectivity index (χ2v) is 6.96. The summed E-state index contributed by atoms with van der Waals surface area (Å²) in [4.78, 5) is 36.3. The van der Waals surface area contributed by atoms with Crippen LogP contribution in [0.25, 0.3) is 0 Å². The normalized spacial score (nSPS) is 13.0. The van der Waals surface area contributed by atoms with Gasteiger partial charge in [-0.05, 0) is 49.9 Å². The molecule has 0 aromatic heterocycles. The van der Waals surface area contributed by atoms with Crippen molar-refractivity contribution >= 4 is 17.8 Å². The van der Waals surface area contributed by atoms with E-state index in [2.05, 4.69) is 19.2 Å². The molecule has 2 N–H and O–H groups in total. The summed E-state index contributed by atoms with van der Waals surface area (Å²) in [5, 5.41) is 11.8. The van der Waals surface area contributed by atoms with Crippen molar-refractivity contribution in [1.82, 2.24) is 10.2 Å². The third kappa shape index (κ3) is 6.58. The highest BCUT2D eigenvalue weighted by Gasteiger charge is 2.29. The molecule has 0 aliphatic heterocycles. The predicted octanol–water partition coefficient (Wildman–Crippen LogP) is 2.32. The first-order valence-electron chi connectivity index (χ1n) is 9.09. The summed E-state index contributed by atoms with van der Waals surface area (Å²) in [6, 6.07) is 4.64. The summed E-state index contributed by atoms with van der Waals surface area (Å²) in [5.41, 5.74) is 2.28. The number of rotatable bonds is 9. The Morgan fingerprint density at radius 2 is 1.81 bits per heavy atom. The van der Waals surface area contributed by atoms with Crippen LogP contribution in [0.4, 0.5) is 0 Å². The lowest BCUT2D eigenvalue weighted by Gasteiger charge is -2.29. The van der Waals surface area contributed by atoms with Gasteiger partial charge in [-0.25, -0.2) is 4.79 Å². The Hall–Kier alpha value is -2.57. The Balaban J connectivity index is 2.88. The number of aryl methyl sites for hydroxylation is 1. The van der Waals surface area contributed by atoms with Crippen LogP contribution in [0.2, 0.25) is 0 Å². The van der Waals surface area contributed by atoms with Crippen LogP contribution in [-0.4, -0.2) is 53.0 Å². The molecule has 0 aliphatic rings. The fraction of sp³-hybridized carbons (Fsp3) is 0.550. The Labute approximate surface area is 160 Å². The van der Waals surface area contributed by atoms with Crippen LogP contribution in [0.5, 0.6) is 5.75 Å². The first-order valence-corrected chi connectivity index (χ1v) is 9.09. The first kappa shape index (κ1) is 22.5. The van der Waals surface area contributed by atoms with E-state index in [0.717, 1.165) is 5.56 Å². The lowest BCUT2D eigenvalue weighted by Crippen LogP contribution is -2.51. The van der Waals surface area contributed by atoms with Gasteiger partial charge in [0.05, 0.1) is 0 Å². The average Bonchev–Trinajstić information content (AvgIpc) is 2.57. The monoisotopic (exact) mass is 378 g/mol. The summed E-state index contributed by atoms with van der Waals surface area (Å²) >= 11 is 0. The minimum absolute atomic E-state index is 0.0882. The number of carbonyl (C=O) groups is 3. The molecule has 2 unspecified atom stereocenters. The SMILES string of the molecule is CC(=O)NCCN(C(=O)C(C)Oc1ccc(C(C)C)c(C)c1)C(C)C(=O)O. The van der Waals surface area contributed by atoms with Crippen LogP contribution in [0.3, 0.4) is 0 Å². The van der Waals surface area contributed by atoms with Crippen molar-refractivity contribution in [2.24, 2.45) is 0 Å². The Morgan fingerprint density at radius 1 is 1.19 bits per heavy atom. The molecule has 1 aromatic carbocycles. The summed E-state index contributed by atoms with van der Waals surface area (Å²) in [6.07, 6.45) is -0.853. The van der Waals surface area contributed by atoms with Gasteiger partial charge in [0.25, 0.3) is 5.91 Å². The maximum atomic E-state index is 12.8. The summed E-state index contributed by atoms with van der Waals surface area (Å²) < 4.78 is 5.76. The van der Waals surface area contributed by atoms with E-state index in [4.69, 9.17) is 4.74 Å². The number of hydrogen-bond acceptors (Lipinski definition) is 4. The molecule has 0 saturated carbocycles. The van der Waals surface area contributed by atoms with Crippen LogP contribution in [0.1, 0.15) is 51.7 Å². The molecule has 0 saturated heterocycles. The zero-order valence-electron chi connectivity index (χ0n) is 16.9. The number of hydrogen-bond donors (Lipinski definition) is 2. The minimum Gasteiger partial charge on any atom is -0.481 e. The molecule has 0 aliphatic carbocycles. The van der Waals surface area contributed by atoms with Crippen LogP contribution < -0.4 is 10.1 Å². The van der Waals surface area contributed by atoms with E-state index in [0.29, 0.717) is 11.7 Å². The molecule has 7 nitrogen and oxygen atoms in total. The van der Waals surface area contributed by atoms with Crippen molar-refractivity contribution in [2.75, 3.05) is 13.1 Å². The van der Waals surface area contributed by atoms with Crippen molar-refractivity contribution in [1.29, 1.82) is 0 Å². The number of carboxylic acids is 1. The van der Waals surface area contributed by atoms with Crippen LogP contribution in [0, 0.1) is 6.92 Å². The zero-order valence-corrected chi connectivity index (χ0v) is 16.9. The van der Waals surface area contributed by atoms with Crippen LogP contribution >= 0.6 is 0 Å². The lowest BCUT2D eigenvalue weighted by molar-refractivity contribution is -0.152. The Kier molecular flexibility index (Phi) is 8.28. The van der Waals surface area contributed by atoms with Gasteiger partial charge in [0.15, 0.2) is 6.10 Å². The van der Waals surface area contributed by atoms with Crippen LogP contribution in [0.15, 0.2) is 18.2 Å². The Morgan fingerprint density at radius 3 is 2.30 bits per heavy atom. The topological polar surface area (TPSA) is 95.9 Å². The van der Waals surface area contributed by atoms with Gasteiger partial charge < -0.3 is 20.1 Å². The number of ether oxygens (including phenoxy) is 1. The largest absolute Gasteiger partial charge is 0.481 e. The molecule has 0 radical (unpaired) electrons. The van der Waals surface area contributed by atoms with Crippen LogP contribution in [-0.2, 0) is 14.4 Å². The number of aliphatic carboxylic acids is 1. The van der Waals surface area contributed by atoms with E-state index in [-0.39, 0.29) is 19.0 Å². The maximum Gasteiger partial charge on any atom is 0.326 e. The average molecular weight is 378 g/mol. The molecule has 0 spiro atoms. The molecular formula is C20H30N2O5. The number of amides is 2. The molecule has 2 amide bonds. The van der Waals surface area contributed by atoms with Gasteiger partial charge >= 0.3 is 5.97 Å². The minimum atomic E-state index is -1.12. The van der Waals surface area contributed by atoms with E-state index in [1.165, 1.54) is 24.3 Å². The fourth-order valence-corrected chi connectivity index (χ4v) is 2.84. The van der Waals surface area contributed by atoms with Gasteiger partial charge in [0.1, 0.15) is 11.8 Å². The van der Waals surface area contributed by atoms with Crippen molar-refractivity contribution in [3.8, 4) is 5.75 Å². The van der Waals surface area contributed by atoms with E-state index >= 15 is 0 Å². The third-order valence-corrected chi connectivity index (χ3v) is 4.36. The molecule has 1 rings (SSSR count). The lowest BCUT2D eigenvalue weighted by atomic mass is 9.98. The second-order valence-electron chi connectivity index (χ2n) is 6.96. The standard InChI is InChI=1S/C20H30N2O5/c1-12(2)18-8-7-17(11-13(18)3)27-15(5)19(24)22(14(4)20(25)26)10-9-21-16(6)23/h7-8,11-12,14-15H,9-10H2,1-6H3,(H,21,23)(H,25,26). The predicted molar refractivity (Wildman–Crippen MR) is 103 cm³/mol. The van der Waals surface area contributed by atoms with Gasteiger partial charge in [-0.3, -0.25) is 9.59 Å². The maximum absolute atomic E-state index is 12.8. The van der Waals surface area contributed by atoms with Gasteiger partial charge in [-0.2, -0.15) is 0 Å². The number of carbonyl (C=O) groups excluding carboxylic acids is 2. The summed E-state index contributed by atoms with van der Waals surface area (Å²) in [7, 11) is 0. The van der Waals surface area contributed by atoms with Gasteiger partial charge in [0, 0.05) is 20.0 Å². The quantitative estimate of drug-likeness (QED) is 0.687. The smallest absolute Gasteiger partial charge is 0.326 e. The number of nitrogens with zero attached hydrogens (tertiary/aromatic N) is 1. The molecule has 27 heavy (non-hydrogen) atoms. The molecule has 0 fully saturated rings. The van der Waals surface area contributed by atoms with Crippen molar-refractivity contribution < 1.29 is 24.2 Å². The molecule has 1 aromatic rings. The highest BCUT2D eigenvalue weighted by molar-refractivity contribution is 5.86. The first-order chi connectivity index (χ1) is 12.5. The van der Waals surface area contributed by atoms with E-state index in [9.17, 15) is 19.5 Å². The number of nitrogens with one attached hydrogen (secondary N) is 1. The summed E-state index contributed by atoms with van der Waals surface area (Å²) in [5.74, 6) is -0.854. The fourth-order valence-electron chi connectivity index (χ4n) is 2.84.